The molecule has 2 aromatic carbocycles. The Morgan fingerprint density at radius 1 is 1.00 bits per heavy atom. The summed E-state index contributed by atoms with van der Waals surface area (Å²) in [5.74, 6) is -3.37. The second kappa shape index (κ2) is 6.87. The van der Waals surface area contributed by atoms with Crippen LogP contribution >= 0.6 is 0 Å². The topological polar surface area (TPSA) is 75.1 Å². The maximum Gasteiger partial charge on any atom is 0.419 e. The second-order valence-corrected chi connectivity index (χ2v) is 7.99. The highest BCUT2D eigenvalue weighted by atomic mass is 32.2. The van der Waals surface area contributed by atoms with E-state index in [1.165, 1.54) is 12.3 Å². The minimum Gasteiger partial charge on any atom is -0.464 e. The predicted molar refractivity (Wildman–Crippen MR) is 98.2 cm³/mol. The molecule has 0 saturated heterocycles. The summed E-state index contributed by atoms with van der Waals surface area (Å²) in [4.78, 5) is 2.42. The number of para-hydroxylation sites is 1. The third kappa shape index (κ3) is 3.52. The Morgan fingerprint density at radius 2 is 1.77 bits per heavy atom. The molecule has 2 heterocycles. The van der Waals surface area contributed by atoms with Crippen LogP contribution < -0.4 is 4.72 Å². The summed E-state index contributed by atoms with van der Waals surface area (Å²) in [6, 6.07) is 8.22. The van der Waals surface area contributed by atoms with Gasteiger partial charge >= 0.3 is 6.18 Å². The van der Waals surface area contributed by atoms with Gasteiger partial charge in [0, 0.05) is 23.2 Å². The van der Waals surface area contributed by atoms with Gasteiger partial charge in [0.05, 0.1) is 23.2 Å². The van der Waals surface area contributed by atoms with Crippen molar-refractivity contribution in [3.8, 4) is 11.3 Å². The fraction of sp³-hybridized carbons (Fsp3) is 0.0526. The van der Waals surface area contributed by atoms with Gasteiger partial charge < -0.3 is 9.40 Å². The van der Waals surface area contributed by atoms with Gasteiger partial charge in [0.2, 0.25) is 0 Å². The summed E-state index contributed by atoms with van der Waals surface area (Å²) < 4.78 is 97.9. The van der Waals surface area contributed by atoms with Crippen molar-refractivity contribution < 1.29 is 34.8 Å². The Morgan fingerprint density at radius 3 is 2.50 bits per heavy atom. The first kappa shape index (κ1) is 20.0. The number of H-pyrrole nitrogens is 1. The number of hydrogen-bond acceptors (Lipinski definition) is 3. The summed E-state index contributed by atoms with van der Waals surface area (Å²) in [5.41, 5.74) is -1.34. The molecular weight excluding hydrogens is 431 g/mol. The molecule has 0 bridgehead atoms. The van der Waals surface area contributed by atoms with Gasteiger partial charge in [-0.05, 0) is 24.3 Å². The van der Waals surface area contributed by atoms with E-state index in [0.717, 1.165) is 11.6 Å². The molecule has 0 aliphatic carbocycles. The van der Waals surface area contributed by atoms with E-state index in [1.807, 2.05) is 0 Å². The Hall–Kier alpha value is -3.34. The lowest BCUT2D eigenvalue weighted by Crippen LogP contribution is -2.15. The van der Waals surface area contributed by atoms with Crippen LogP contribution in [0.25, 0.3) is 22.2 Å². The van der Waals surface area contributed by atoms with Gasteiger partial charge in [0.15, 0.2) is 0 Å². The highest BCUT2D eigenvalue weighted by Gasteiger charge is 2.35. The number of benzene rings is 2. The smallest absolute Gasteiger partial charge is 0.419 e. The Kier molecular flexibility index (Phi) is 4.57. The highest BCUT2D eigenvalue weighted by Crippen LogP contribution is 2.35. The first-order chi connectivity index (χ1) is 14.1. The van der Waals surface area contributed by atoms with Crippen LogP contribution in [0.3, 0.4) is 0 Å². The molecule has 2 aromatic heterocycles. The SMILES string of the molecule is O=S(=O)(Nc1cc(F)c(C(F)(F)F)cc1F)c1c[nH]c(-c2cccc3ccoc23)c1. The zero-order valence-corrected chi connectivity index (χ0v) is 15.5. The number of alkyl halides is 3. The molecule has 2 N–H and O–H groups in total. The number of anilines is 1. The van der Waals surface area contributed by atoms with Crippen LogP contribution in [0, 0.1) is 11.6 Å². The van der Waals surface area contributed by atoms with Crippen LogP contribution in [0.4, 0.5) is 27.6 Å². The minimum atomic E-state index is -5.12. The highest BCUT2D eigenvalue weighted by molar-refractivity contribution is 7.92. The van der Waals surface area contributed by atoms with Gasteiger partial charge in [-0.15, -0.1) is 0 Å². The van der Waals surface area contributed by atoms with Gasteiger partial charge in [0.25, 0.3) is 10.0 Å². The number of rotatable bonds is 4. The molecule has 0 aliphatic heterocycles. The van der Waals surface area contributed by atoms with Gasteiger partial charge in [-0.1, -0.05) is 12.1 Å². The molecule has 0 atom stereocenters. The van der Waals surface area contributed by atoms with Crippen LogP contribution in [0.1, 0.15) is 5.56 Å². The van der Waals surface area contributed by atoms with E-state index < -0.39 is 39.1 Å². The van der Waals surface area contributed by atoms with Crippen LogP contribution in [0.15, 0.2) is 64.2 Å². The van der Waals surface area contributed by atoms with E-state index in [-0.39, 0.29) is 17.0 Å². The lowest BCUT2D eigenvalue weighted by molar-refractivity contribution is -0.140. The average molecular weight is 442 g/mol. The number of halogens is 5. The largest absolute Gasteiger partial charge is 0.464 e. The molecule has 0 fully saturated rings. The van der Waals surface area contributed by atoms with Crippen molar-refractivity contribution in [2.75, 3.05) is 4.72 Å². The first-order valence-electron chi connectivity index (χ1n) is 8.30. The molecule has 0 unspecified atom stereocenters. The van der Waals surface area contributed by atoms with Crippen LogP contribution in [-0.2, 0) is 16.2 Å². The summed E-state index contributed by atoms with van der Waals surface area (Å²) in [6.45, 7) is 0. The van der Waals surface area contributed by atoms with Crippen molar-refractivity contribution in [1.82, 2.24) is 4.98 Å². The number of hydrogen-bond donors (Lipinski definition) is 2. The number of fused-ring (bicyclic) bond motifs is 1. The van der Waals surface area contributed by atoms with E-state index in [9.17, 15) is 30.4 Å². The second-order valence-electron chi connectivity index (χ2n) is 6.31. The molecule has 0 aliphatic rings. The van der Waals surface area contributed by atoms with Gasteiger partial charge in [-0.3, -0.25) is 4.72 Å². The fourth-order valence-corrected chi connectivity index (χ4v) is 3.99. The van der Waals surface area contributed by atoms with E-state index in [1.54, 1.807) is 29.0 Å². The Balaban J connectivity index is 1.68. The first-order valence-corrected chi connectivity index (χ1v) is 9.78. The molecule has 0 spiro atoms. The van der Waals surface area contributed by atoms with Crippen LogP contribution in [0.5, 0.6) is 0 Å². The summed E-state index contributed by atoms with van der Waals surface area (Å²) in [6.07, 6.45) is -2.54. The predicted octanol–water partition coefficient (Wildman–Crippen LogP) is 5.53. The zero-order valence-electron chi connectivity index (χ0n) is 14.7. The summed E-state index contributed by atoms with van der Waals surface area (Å²) in [7, 11) is -4.43. The van der Waals surface area contributed by atoms with E-state index in [4.69, 9.17) is 4.42 Å². The molecule has 4 rings (SSSR count). The molecule has 11 heteroatoms. The number of sulfonamides is 1. The number of aromatic nitrogens is 1. The van der Waals surface area contributed by atoms with E-state index >= 15 is 0 Å². The van der Waals surface area contributed by atoms with Crippen molar-refractivity contribution in [3.05, 3.63) is 72.1 Å². The lowest BCUT2D eigenvalue weighted by Gasteiger charge is -2.12. The number of furan rings is 1. The lowest BCUT2D eigenvalue weighted by atomic mass is 10.1. The van der Waals surface area contributed by atoms with Crippen LogP contribution in [0.2, 0.25) is 0 Å². The normalized spacial score (nSPS) is 12.4. The zero-order chi connectivity index (χ0) is 21.7. The molecular formula is C19H11F5N2O3S. The number of aromatic amines is 1. The summed E-state index contributed by atoms with van der Waals surface area (Å²) >= 11 is 0. The molecule has 5 nitrogen and oxygen atoms in total. The maximum atomic E-state index is 14.0. The minimum absolute atomic E-state index is 0.104. The molecule has 156 valence electrons. The van der Waals surface area contributed by atoms with E-state index in [2.05, 4.69) is 4.98 Å². The third-order valence-corrected chi connectivity index (χ3v) is 5.69. The number of nitrogens with one attached hydrogen (secondary N) is 2. The van der Waals surface area contributed by atoms with Crippen molar-refractivity contribution in [1.29, 1.82) is 0 Å². The van der Waals surface area contributed by atoms with Crippen molar-refractivity contribution >= 4 is 26.7 Å². The Labute approximate surface area is 166 Å². The van der Waals surface area contributed by atoms with Gasteiger partial charge in [-0.2, -0.15) is 13.2 Å². The van der Waals surface area contributed by atoms with Crippen LogP contribution in [-0.4, -0.2) is 13.4 Å². The molecule has 0 amide bonds. The molecule has 30 heavy (non-hydrogen) atoms. The van der Waals surface area contributed by atoms with Crippen molar-refractivity contribution in [2.24, 2.45) is 0 Å². The molecule has 4 aromatic rings. The molecule has 0 radical (unpaired) electrons. The van der Waals surface area contributed by atoms with Crippen molar-refractivity contribution in [3.63, 3.8) is 0 Å². The van der Waals surface area contributed by atoms with Gasteiger partial charge in [0.1, 0.15) is 22.1 Å². The van der Waals surface area contributed by atoms with Gasteiger partial charge in [-0.25, -0.2) is 17.2 Å². The molecule has 0 saturated carbocycles. The fourth-order valence-electron chi connectivity index (χ4n) is 2.94. The standard InChI is InChI=1S/C19H11F5N2O3S/c20-14-8-17(15(21)7-13(14)19(22,23)24)26-30(27,28)11-6-16(25-9-11)12-3-1-2-10-4-5-29-18(10)12/h1-9,25-26H. The maximum absolute atomic E-state index is 14.0. The Bertz CT molecular complexity index is 1360. The van der Waals surface area contributed by atoms with E-state index in [0.29, 0.717) is 16.8 Å². The monoisotopic (exact) mass is 442 g/mol. The van der Waals surface area contributed by atoms with Crippen molar-refractivity contribution in [2.45, 2.75) is 11.1 Å². The third-order valence-electron chi connectivity index (χ3n) is 4.34. The quantitative estimate of drug-likeness (QED) is 0.409. The average Bonchev–Trinajstić information content (AvgIpc) is 3.32. The summed E-state index contributed by atoms with van der Waals surface area (Å²) in [5, 5.41) is 0.784.